The second-order valence-electron chi connectivity index (χ2n) is 8.68. The molecule has 2 aromatic carbocycles. The quantitative estimate of drug-likeness (QED) is 0.355. The molecule has 34 heavy (non-hydrogen) atoms. The lowest BCUT2D eigenvalue weighted by molar-refractivity contribution is 0.102. The molecule has 7 N–H and O–H groups in total. The van der Waals surface area contributed by atoms with Crippen molar-refractivity contribution in [2.45, 2.75) is 19.8 Å². The maximum absolute atomic E-state index is 12.8. The van der Waals surface area contributed by atoms with Crippen LogP contribution in [0.1, 0.15) is 39.9 Å². The molecule has 1 amide bonds. The molecule has 0 saturated heterocycles. The van der Waals surface area contributed by atoms with Gasteiger partial charge < -0.3 is 26.6 Å². The average molecular weight is 458 g/mol. The van der Waals surface area contributed by atoms with Gasteiger partial charge in [0.05, 0.1) is 0 Å². The Morgan fingerprint density at radius 3 is 1.97 bits per heavy atom. The number of aryl methyl sites for hydroxylation is 1. The number of anilines is 1. The molecule has 2 aromatic rings. The van der Waals surface area contributed by atoms with Gasteiger partial charge in [-0.15, -0.1) is 0 Å². The molecule has 176 valence electrons. The SMILES string of the molecule is Cc1cc(C(=O)Nc2ccc(C3=CCN(C(=N)N)CC3)cc2)ccc1C1=CCN(C(=N)N)CC1. The summed E-state index contributed by atoms with van der Waals surface area (Å²) in [6, 6.07) is 13.6. The number of carbonyl (C=O) groups is 1. The van der Waals surface area contributed by atoms with E-state index in [1.807, 2.05) is 59.2 Å². The molecule has 0 fully saturated rings. The van der Waals surface area contributed by atoms with Crippen molar-refractivity contribution >= 4 is 34.7 Å². The predicted molar refractivity (Wildman–Crippen MR) is 138 cm³/mol. The van der Waals surface area contributed by atoms with Gasteiger partial charge in [0.25, 0.3) is 5.91 Å². The first-order chi connectivity index (χ1) is 16.3. The highest BCUT2D eigenvalue weighted by molar-refractivity contribution is 6.04. The largest absolute Gasteiger partial charge is 0.370 e. The van der Waals surface area contributed by atoms with Crippen molar-refractivity contribution in [3.8, 4) is 0 Å². The van der Waals surface area contributed by atoms with Crippen LogP contribution in [0.25, 0.3) is 11.1 Å². The number of hydrogen-bond donors (Lipinski definition) is 5. The fraction of sp³-hybridized carbons (Fsp3) is 0.269. The van der Waals surface area contributed by atoms with Crippen LogP contribution in [0.5, 0.6) is 0 Å². The third-order valence-electron chi connectivity index (χ3n) is 6.45. The minimum Gasteiger partial charge on any atom is -0.370 e. The zero-order valence-corrected chi connectivity index (χ0v) is 19.4. The van der Waals surface area contributed by atoms with Crippen molar-refractivity contribution in [1.82, 2.24) is 9.80 Å². The van der Waals surface area contributed by atoms with Gasteiger partial charge in [-0.2, -0.15) is 0 Å². The Hall–Kier alpha value is -4.07. The van der Waals surface area contributed by atoms with E-state index >= 15 is 0 Å². The van der Waals surface area contributed by atoms with Crippen molar-refractivity contribution < 1.29 is 4.79 Å². The van der Waals surface area contributed by atoms with Crippen molar-refractivity contribution in [3.05, 3.63) is 76.9 Å². The molecular formula is C26H31N7O. The van der Waals surface area contributed by atoms with Crippen LogP contribution >= 0.6 is 0 Å². The molecule has 0 unspecified atom stereocenters. The highest BCUT2D eigenvalue weighted by Gasteiger charge is 2.17. The van der Waals surface area contributed by atoms with E-state index in [-0.39, 0.29) is 17.8 Å². The molecular weight excluding hydrogens is 426 g/mol. The van der Waals surface area contributed by atoms with Gasteiger partial charge >= 0.3 is 0 Å². The van der Waals surface area contributed by atoms with Crippen molar-refractivity contribution in [3.63, 3.8) is 0 Å². The van der Waals surface area contributed by atoms with E-state index in [1.165, 1.54) is 11.1 Å². The van der Waals surface area contributed by atoms with E-state index in [4.69, 9.17) is 22.3 Å². The van der Waals surface area contributed by atoms with Crippen LogP contribution in [0.2, 0.25) is 0 Å². The Morgan fingerprint density at radius 1 is 0.882 bits per heavy atom. The molecule has 0 aliphatic carbocycles. The van der Waals surface area contributed by atoms with E-state index in [9.17, 15) is 4.79 Å². The highest BCUT2D eigenvalue weighted by Crippen LogP contribution is 2.27. The summed E-state index contributed by atoms with van der Waals surface area (Å²) in [6.45, 7) is 4.76. The van der Waals surface area contributed by atoms with Gasteiger partial charge in [-0.1, -0.05) is 30.4 Å². The van der Waals surface area contributed by atoms with E-state index in [1.54, 1.807) is 0 Å². The molecule has 2 aliphatic heterocycles. The monoisotopic (exact) mass is 457 g/mol. The first kappa shape index (κ1) is 23.1. The third-order valence-corrected chi connectivity index (χ3v) is 6.45. The molecule has 0 radical (unpaired) electrons. The first-order valence-corrected chi connectivity index (χ1v) is 11.4. The highest BCUT2D eigenvalue weighted by atomic mass is 16.1. The van der Waals surface area contributed by atoms with Crippen LogP contribution < -0.4 is 16.8 Å². The first-order valence-electron chi connectivity index (χ1n) is 11.4. The van der Waals surface area contributed by atoms with Gasteiger partial charge in [-0.25, -0.2) is 0 Å². The van der Waals surface area contributed by atoms with Crippen LogP contribution in [-0.4, -0.2) is 53.8 Å². The van der Waals surface area contributed by atoms with Crippen LogP contribution in [0.15, 0.2) is 54.6 Å². The second-order valence-corrected chi connectivity index (χ2v) is 8.68. The fourth-order valence-corrected chi connectivity index (χ4v) is 4.42. The van der Waals surface area contributed by atoms with Gasteiger partial charge in [0, 0.05) is 37.4 Å². The summed E-state index contributed by atoms with van der Waals surface area (Å²) in [7, 11) is 0. The normalized spacial score (nSPS) is 15.9. The van der Waals surface area contributed by atoms with E-state index in [2.05, 4.69) is 17.5 Å². The second kappa shape index (κ2) is 9.82. The minimum atomic E-state index is -0.142. The van der Waals surface area contributed by atoms with Crippen LogP contribution in [0, 0.1) is 17.7 Å². The van der Waals surface area contributed by atoms with E-state index < -0.39 is 0 Å². The molecule has 0 bridgehead atoms. The lowest BCUT2D eigenvalue weighted by atomic mass is 9.94. The molecule has 0 spiro atoms. The van der Waals surface area contributed by atoms with Gasteiger partial charge in [0.2, 0.25) is 0 Å². The Morgan fingerprint density at radius 2 is 1.47 bits per heavy atom. The number of rotatable bonds is 4. The topological polar surface area (TPSA) is 135 Å². The molecule has 2 heterocycles. The summed E-state index contributed by atoms with van der Waals surface area (Å²) in [4.78, 5) is 16.5. The smallest absolute Gasteiger partial charge is 0.255 e. The van der Waals surface area contributed by atoms with Crippen molar-refractivity contribution in [1.29, 1.82) is 10.8 Å². The molecule has 0 atom stereocenters. The molecule has 2 aliphatic rings. The van der Waals surface area contributed by atoms with Gasteiger partial charge in [0.1, 0.15) is 0 Å². The summed E-state index contributed by atoms with van der Waals surface area (Å²) in [5.74, 6) is 0.0608. The lowest BCUT2D eigenvalue weighted by Gasteiger charge is -2.27. The van der Waals surface area contributed by atoms with Crippen LogP contribution in [0.3, 0.4) is 0 Å². The number of nitrogens with one attached hydrogen (secondary N) is 3. The summed E-state index contributed by atoms with van der Waals surface area (Å²) in [5, 5.41) is 18.1. The number of hydrogen-bond acceptors (Lipinski definition) is 3. The molecule has 4 rings (SSSR count). The maximum atomic E-state index is 12.8. The van der Waals surface area contributed by atoms with E-state index in [0.29, 0.717) is 18.7 Å². The number of amides is 1. The van der Waals surface area contributed by atoms with Crippen LogP contribution in [0.4, 0.5) is 5.69 Å². The number of carbonyl (C=O) groups excluding carboxylic acids is 1. The predicted octanol–water partition coefficient (Wildman–Crippen LogP) is 3.21. The Kier molecular flexibility index (Phi) is 6.67. The Bertz CT molecular complexity index is 1180. The van der Waals surface area contributed by atoms with Crippen LogP contribution in [-0.2, 0) is 0 Å². The van der Waals surface area contributed by atoms with Gasteiger partial charge in [-0.05, 0) is 71.9 Å². The third kappa shape index (κ3) is 5.11. The van der Waals surface area contributed by atoms with Gasteiger partial charge in [0.15, 0.2) is 11.9 Å². The van der Waals surface area contributed by atoms with Crippen molar-refractivity contribution in [2.75, 3.05) is 31.5 Å². The lowest BCUT2D eigenvalue weighted by Crippen LogP contribution is -2.39. The number of nitrogens with two attached hydrogens (primary N) is 2. The fourth-order valence-electron chi connectivity index (χ4n) is 4.42. The van der Waals surface area contributed by atoms with Gasteiger partial charge in [-0.3, -0.25) is 15.6 Å². The number of nitrogens with zero attached hydrogens (tertiary/aromatic N) is 2. The van der Waals surface area contributed by atoms with E-state index in [0.717, 1.165) is 48.3 Å². The Balaban J connectivity index is 1.40. The summed E-state index contributed by atoms with van der Waals surface area (Å²) >= 11 is 0. The number of guanidine groups is 2. The summed E-state index contributed by atoms with van der Waals surface area (Å²) < 4.78 is 0. The standard InChI is InChI=1S/C26H31N7O/c1-17-16-21(4-7-23(17)20-10-14-33(15-11-20)26(29)30)24(34)31-22-5-2-18(3-6-22)19-8-12-32(13-9-19)25(27)28/h2-8,10,16H,9,11-15H2,1H3,(H3,27,28)(H3,29,30)(H,31,34). The molecule has 0 aromatic heterocycles. The summed E-state index contributed by atoms with van der Waals surface area (Å²) in [5.41, 5.74) is 18.3. The number of benzene rings is 2. The summed E-state index contributed by atoms with van der Waals surface area (Å²) in [6.07, 6.45) is 5.86. The molecule has 0 saturated carbocycles. The Labute approximate surface area is 199 Å². The molecule has 8 heteroatoms. The zero-order valence-electron chi connectivity index (χ0n) is 19.4. The average Bonchev–Trinajstić information content (AvgIpc) is 2.84. The minimum absolute atomic E-state index is 0.0992. The maximum Gasteiger partial charge on any atom is 0.255 e. The molecule has 8 nitrogen and oxygen atoms in total. The zero-order chi connectivity index (χ0) is 24.2. The van der Waals surface area contributed by atoms with Crippen molar-refractivity contribution in [2.24, 2.45) is 11.5 Å².